The number of hydrogen-bond acceptors (Lipinski definition) is 4. The molecule has 0 amide bonds. The predicted octanol–water partition coefficient (Wildman–Crippen LogP) is -0.685. The standard InChI is InChI=1S/C7H7BO4/c9-5-1-4-3-12-8(11)7(4)6(10)2-5/h1-2,9-11H,3H2. The minimum atomic E-state index is -1.07. The molecule has 0 unspecified atom stereocenters. The first-order valence-electron chi connectivity index (χ1n) is 3.53. The van der Waals surface area contributed by atoms with Gasteiger partial charge in [-0.1, -0.05) is 0 Å². The molecular formula is C7H7BO4. The van der Waals surface area contributed by atoms with Crippen molar-refractivity contribution in [1.29, 1.82) is 0 Å². The zero-order valence-corrected chi connectivity index (χ0v) is 6.19. The normalized spacial score (nSPS) is 14.9. The van der Waals surface area contributed by atoms with Gasteiger partial charge in [-0.25, -0.2) is 0 Å². The van der Waals surface area contributed by atoms with Crippen LogP contribution in [0.25, 0.3) is 0 Å². The summed E-state index contributed by atoms with van der Waals surface area (Å²) in [6, 6.07) is 2.64. The molecule has 1 aliphatic heterocycles. The number of aromatic hydroxyl groups is 2. The van der Waals surface area contributed by atoms with Crippen molar-refractivity contribution in [1.82, 2.24) is 0 Å². The maximum atomic E-state index is 9.28. The summed E-state index contributed by atoms with van der Waals surface area (Å²) in [7, 11) is -1.07. The summed E-state index contributed by atoms with van der Waals surface area (Å²) in [6.07, 6.45) is 0. The predicted molar refractivity (Wildman–Crippen MR) is 42.2 cm³/mol. The van der Waals surface area contributed by atoms with Crippen LogP contribution in [0.5, 0.6) is 11.5 Å². The first kappa shape index (κ1) is 7.45. The van der Waals surface area contributed by atoms with Crippen molar-refractivity contribution in [2.75, 3.05) is 0 Å². The van der Waals surface area contributed by atoms with Crippen molar-refractivity contribution in [3.63, 3.8) is 0 Å². The van der Waals surface area contributed by atoms with E-state index < -0.39 is 7.12 Å². The summed E-state index contributed by atoms with van der Waals surface area (Å²) in [5.41, 5.74) is 0.979. The molecule has 2 rings (SSSR count). The van der Waals surface area contributed by atoms with Gasteiger partial charge in [-0.15, -0.1) is 0 Å². The topological polar surface area (TPSA) is 69.9 Å². The Labute approximate surface area is 69.2 Å². The zero-order valence-electron chi connectivity index (χ0n) is 6.19. The monoisotopic (exact) mass is 166 g/mol. The van der Waals surface area contributed by atoms with Crippen LogP contribution in [0.1, 0.15) is 5.56 Å². The van der Waals surface area contributed by atoms with E-state index in [1.54, 1.807) is 0 Å². The van der Waals surface area contributed by atoms with Gasteiger partial charge in [0.15, 0.2) is 0 Å². The quantitative estimate of drug-likeness (QED) is 0.446. The molecule has 4 nitrogen and oxygen atoms in total. The summed E-state index contributed by atoms with van der Waals surface area (Å²) in [6.45, 7) is 0.221. The Hall–Kier alpha value is -1.20. The van der Waals surface area contributed by atoms with Crippen molar-refractivity contribution in [2.24, 2.45) is 0 Å². The number of hydrogen-bond donors (Lipinski definition) is 3. The van der Waals surface area contributed by atoms with Crippen molar-refractivity contribution in [3.8, 4) is 11.5 Å². The molecule has 0 atom stereocenters. The summed E-state index contributed by atoms with van der Waals surface area (Å²) in [5, 5.41) is 27.5. The SMILES string of the molecule is OB1OCc2cc(O)cc(O)c21. The van der Waals surface area contributed by atoms with Crippen molar-refractivity contribution in [3.05, 3.63) is 17.7 Å². The van der Waals surface area contributed by atoms with Crippen LogP contribution in [0.4, 0.5) is 0 Å². The molecule has 1 heterocycles. The smallest absolute Gasteiger partial charge is 0.495 e. The molecule has 1 aromatic rings. The van der Waals surface area contributed by atoms with Crippen LogP contribution in [0.3, 0.4) is 0 Å². The third kappa shape index (κ3) is 0.947. The van der Waals surface area contributed by atoms with Gasteiger partial charge in [-0.05, 0) is 11.6 Å². The Kier molecular flexibility index (Phi) is 1.49. The first-order chi connectivity index (χ1) is 5.68. The van der Waals surface area contributed by atoms with Gasteiger partial charge in [0.25, 0.3) is 0 Å². The summed E-state index contributed by atoms with van der Waals surface area (Å²) in [4.78, 5) is 0. The van der Waals surface area contributed by atoms with Gasteiger partial charge in [-0.3, -0.25) is 0 Å². The van der Waals surface area contributed by atoms with Gasteiger partial charge in [0.1, 0.15) is 11.5 Å². The Morgan fingerprint density at radius 2 is 2.08 bits per heavy atom. The molecule has 0 saturated carbocycles. The van der Waals surface area contributed by atoms with E-state index in [0.29, 0.717) is 11.0 Å². The number of phenolic OH excluding ortho intramolecular Hbond substituents is 2. The zero-order chi connectivity index (χ0) is 8.72. The Morgan fingerprint density at radius 1 is 1.33 bits per heavy atom. The van der Waals surface area contributed by atoms with E-state index in [1.165, 1.54) is 12.1 Å². The highest BCUT2D eigenvalue weighted by Crippen LogP contribution is 2.23. The Balaban J connectivity index is 2.60. The van der Waals surface area contributed by atoms with Crippen LogP contribution in [-0.4, -0.2) is 22.4 Å². The fourth-order valence-electron chi connectivity index (χ4n) is 1.34. The van der Waals surface area contributed by atoms with Gasteiger partial charge in [0.05, 0.1) is 6.61 Å². The van der Waals surface area contributed by atoms with Gasteiger partial charge in [0.2, 0.25) is 0 Å². The molecule has 1 aliphatic rings. The molecule has 62 valence electrons. The number of phenols is 2. The molecule has 0 bridgehead atoms. The fourth-order valence-corrected chi connectivity index (χ4v) is 1.34. The summed E-state index contributed by atoms with van der Waals surface area (Å²) < 4.78 is 4.84. The van der Waals surface area contributed by atoms with Crippen LogP contribution >= 0.6 is 0 Å². The van der Waals surface area contributed by atoms with Gasteiger partial charge in [-0.2, -0.15) is 0 Å². The van der Waals surface area contributed by atoms with Crippen molar-refractivity contribution in [2.45, 2.75) is 6.61 Å². The molecular weight excluding hydrogens is 159 g/mol. The highest BCUT2D eigenvalue weighted by Gasteiger charge is 2.30. The Bertz CT molecular complexity index is 325. The maximum absolute atomic E-state index is 9.28. The van der Waals surface area contributed by atoms with Crippen LogP contribution in [0.2, 0.25) is 0 Å². The lowest BCUT2D eigenvalue weighted by atomic mass is 9.79. The Morgan fingerprint density at radius 3 is 2.83 bits per heavy atom. The summed E-state index contributed by atoms with van der Waals surface area (Å²) in [5.74, 6) is -0.154. The van der Waals surface area contributed by atoms with E-state index in [9.17, 15) is 10.1 Å². The van der Waals surface area contributed by atoms with Gasteiger partial charge in [0, 0.05) is 11.5 Å². The third-order valence-electron chi connectivity index (χ3n) is 1.87. The second kappa shape index (κ2) is 2.40. The van der Waals surface area contributed by atoms with Crippen molar-refractivity contribution < 1.29 is 19.9 Å². The number of benzene rings is 1. The molecule has 5 heteroatoms. The molecule has 0 aromatic heterocycles. The van der Waals surface area contributed by atoms with Gasteiger partial charge < -0.3 is 19.9 Å². The molecule has 0 fully saturated rings. The van der Waals surface area contributed by atoms with Gasteiger partial charge >= 0.3 is 7.12 Å². The van der Waals surface area contributed by atoms with E-state index in [2.05, 4.69) is 0 Å². The van der Waals surface area contributed by atoms with Crippen LogP contribution in [0.15, 0.2) is 12.1 Å². The highest BCUT2D eigenvalue weighted by atomic mass is 16.5. The maximum Gasteiger partial charge on any atom is 0.495 e. The summed E-state index contributed by atoms with van der Waals surface area (Å²) >= 11 is 0. The van der Waals surface area contributed by atoms with Crippen LogP contribution in [-0.2, 0) is 11.3 Å². The van der Waals surface area contributed by atoms with Crippen molar-refractivity contribution >= 4 is 12.6 Å². The van der Waals surface area contributed by atoms with E-state index in [0.717, 1.165) is 0 Å². The average molecular weight is 166 g/mol. The first-order valence-corrected chi connectivity index (χ1v) is 3.53. The molecule has 3 N–H and O–H groups in total. The third-order valence-corrected chi connectivity index (χ3v) is 1.87. The lowest BCUT2D eigenvalue weighted by molar-refractivity contribution is 0.275. The van der Waals surface area contributed by atoms with E-state index in [-0.39, 0.29) is 18.1 Å². The molecule has 0 saturated heterocycles. The number of rotatable bonds is 0. The molecule has 0 spiro atoms. The second-order valence-corrected chi connectivity index (χ2v) is 2.70. The fraction of sp³-hybridized carbons (Fsp3) is 0.143. The second-order valence-electron chi connectivity index (χ2n) is 2.70. The van der Waals surface area contributed by atoms with E-state index >= 15 is 0 Å². The molecule has 1 aromatic carbocycles. The molecule has 0 aliphatic carbocycles. The molecule has 12 heavy (non-hydrogen) atoms. The lowest BCUT2D eigenvalue weighted by Crippen LogP contribution is -2.28. The van der Waals surface area contributed by atoms with Crippen LogP contribution < -0.4 is 5.46 Å². The molecule has 0 radical (unpaired) electrons. The minimum absolute atomic E-state index is 0.0241. The average Bonchev–Trinajstić information content (AvgIpc) is 2.31. The van der Waals surface area contributed by atoms with E-state index in [1.807, 2.05) is 0 Å². The van der Waals surface area contributed by atoms with Crippen LogP contribution in [0, 0.1) is 0 Å². The largest absolute Gasteiger partial charge is 0.508 e. The lowest BCUT2D eigenvalue weighted by Gasteiger charge is -2.01. The minimum Gasteiger partial charge on any atom is -0.508 e. The number of fused-ring (bicyclic) bond motifs is 1. The highest BCUT2D eigenvalue weighted by molar-refractivity contribution is 6.62. The van der Waals surface area contributed by atoms with E-state index in [4.69, 9.17) is 9.76 Å².